The Hall–Kier alpha value is -1.10. The van der Waals surface area contributed by atoms with Crippen LogP contribution in [0.15, 0.2) is 0 Å². The minimum atomic E-state index is -1.10. The van der Waals surface area contributed by atoms with Crippen molar-refractivity contribution in [2.75, 3.05) is 6.61 Å². The maximum absolute atomic E-state index is 11.8. The average Bonchev–Trinajstić information content (AvgIpc) is 2.29. The number of carbonyl (C=O) groups is 2. The average molecular weight is 245 g/mol. The molecule has 0 aromatic carbocycles. The fourth-order valence-electron chi connectivity index (χ4n) is 1.65. The molecule has 0 radical (unpaired) electrons. The largest absolute Gasteiger partial charge is 0.480 e. The molecule has 2 unspecified atom stereocenters. The maximum atomic E-state index is 11.8. The number of carbonyl (C=O) groups excluding carboxylic acids is 1. The van der Waals surface area contributed by atoms with Gasteiger partial charge in [-0.05, 0) is 12.8 Å². The van der Waals surface area contributed by atoms with Gasteiger partial charge >= 0.3 is 5.97 Å². The zero-order valence-electron chi connectivity index (χ0n) is 10.6. The number of hydrogen-bond donors (Lipinski definition) is 3. The smallest absolute Gasteiger partial charge is 0.326 e. The van der Waals surface area contributed by atoms with E-state index in [0.29, 0.717) is 6.42 Å². The molecule has 0 aliphatic carbocycles. The first-order valence-corrected chi connectivity index (χ1v) is 6.20. The van der Waals surface area contributed by atoms with Crippen molar-refractivity contribution in [3.05, 3.63) is 0 Å². The first-order chi connectivity index (χ1) is 8.06. The van der Waals surface area contributed by atoms with E-state index < -0.39 is 12.0 Å². The number of nitrogens with one attached hydrogen (secondary N) is 1. The molecule has 0 aliphatic rings. The molecular weight excluding hydrogens is 222 g/mol. The molecule has 1 amide bonds. The lowest BCUT2D eigenvalue weighted by atomic mass is 9.98. The van der Waals surface area contributed by atoms with Gasteiger partial charge in [0.2, 0.25) is 5.91 Å². The molecule has 100 valence electrons. The molecular formula is C12H23NO4. The second kappa shape index (κ2) is 8.98. The predicted molar refractivity (Wildman–Crippen MR) is 64.6 cm³/mol. The van der Waals surface area contributed by atoms with Crippen LogP contribution in [0.4, 0.5) is 0 Å². The molecule has 0 aliphatic heterocycles. The van der Waals surface area contributed by atoms with Gasteiger partial charge in [-0.2, -0.15) is 0 Å². The molecule has 0 heterocycles. The van der Waals surface area contributed by atoms with Gasteiger partial charge in [0.15, 0.2) is 0 Å². The van der Waals surface area contributed by atoms with E-state index in [2.05, 4.69) is 12.2 Å². The highest BCUT2D eigenvalue weighted by atomic mass is 16.4. The van der Waals surface area contributed by atoms with Crippen LogP contribution in [-0.4, -0.2) is 34.7 Å². The fraction of sp³-hybridized carbons (Fsp3) is 0.833. The quantitative estimate of drug-likeness (QED) is 0.569. The lowest BCUT2D eigenvalue weighted by Crippen LogP contribution is -2.44. The first-order valence-electron chi connectivity index (χ1n) is 6.20. The van der Waals surface area contributed by atoms with Crippen molar-refractivity contribution >= 4 is 11.9 Å². The molecule has 17 heavy (non-hydrogen) atoms. The van der Waals surface area contributed by atoms with E-state index in [1.54, 1.807) is 0 Å². The van der Waals surface area contributed by atoms with Crippen LogP contribution in [0.1, 0.15) is 46.0 Å². The topological polar surface area (TPSA) is 86.6 Å². The van der Waals surface area contributed by atoms with Gasteiger partial charge in [-0.15, -0.1) is 0 Å². The molecule has 5 nitrogen and oxygen atoms in total. The van der Waals surface area contributed by atoms with Gasteiger partial charge in [0.05, 0.1) is 0 Å². The van der Waals surface area contributed by atoms with Crippen LogP contribution in [0.5, 0.6) is 0 Å². The van der Waals surface area contributed by atoms with Crippen molar-refractivity contribution < 1.29 is 19.8 Å². The molecule has 0 spiro atoms. The van der Waals surface area contributed by atoms with Gasteiger partial charge in [-0.1, -0.05) is 26.7 Å². The van der Waals surface area contributed by atoms with Gasteiger partial charge in [0.1, 0.15) is 6.04 Å². The first kappa shape index (κ1) is 15.9. The maximum Gasteiger partial charge on any atom is 0.326 e. The summed E-state index contributed by atoms with van der Waals surface area (Å²) in [5.74, 6) is -1.45. The lowest BCUT2D eigenvalue weighted by Gasteiger charge is -2.18. The molecule has 0 rings (SSSR count). The van der Waals surface area contributed by atoms with Crippen molar-refractivity contribution in [3.8, 4) is 0 Å². The third-order valence-corrected chi connectivity index (χ3v) is 2.80. The van der Waals surface area contributed by atoms with Crippen molar-refractivity contribution in [2.45, 2.75) is 52.0 Å². The summed E-state index contributed by atoms with van der Waals surface area (Å²) in [6.45, 7) is 3.72. The number of aliphatic hydroxyl groups excluding tert-OH is 1. The number of aliphatic hydroxyl groups is 1. The van der Waals surface area contributed by atoms with Crippen LogP contribution >= 0.6 is 0 Å². The zero-order chi connectivity index (χ0) is 13.3. The summed E-state index contributed by atoms with van der Waals surface area (Å²) in [5, 5.41) is 20.1. The molecule has 5 heteroatoms. The van der Waals surface area contributed by atoms with E-state index in [1.165, 1.54) is 0 Å². The number of unbranched alkanes of at least 4 members (excludes halogenated alkanes) is 1. The van der Waals surface area contributed by atoms with Gasteiger partial charge in [0.25, 0.3) is 0 Å². The predicted octanol–water partition coefficient (Wildman–Crippen LogP) is 1.15. The van der Waals surface area contributed by atoms with E-state index in [9.17, 15) is 9.59 Å². The Bertz CT molecular complexity index is 243. The number of hydrogen-bond acceptors (Lipinski definition) is 3. The van der Waals surface area contributed by atoms with Crippen LogP contribution in [-0.2, 0) is 9.59 Å². The van der Waals surface area contributed by atoms with Crippen molar-refractivity contribution in [2.24, 2.45) is 5.92 Å². The summed E-state index contributed by atoms with van der Waals surface area (Å²) >= 11 is 0. The van der Waals surface area contributed by atoms with E-state index >= 15 is 0 Å². The minimum absolute atomic E-state index is 0.0469. The second-order valence-corrected chi connectivity index (χ2v) is 4.16. The number of carboxylic acids is 1. The van der Waals surface area contributed by atoms with Gasteiger partial charge in [-0.3, -0.25) is 4.79 Å². The van der Waals surface area contributed by atoms with Crippen molar-refractivity contribution in [3.63, 3.8) is 0 Å². The highest BCUT2D eigenvalue weighted by Crippen LogP contribution is 2.13. The molecule has 0 bridgehead atoms. The lowest BCUT2D eigenvalue weighted by molar-refractivity contribution is -0.143. The van der Waals surface area contributed by atoms with Gasteiger partial charge in [-0.25, -0.2) is 4.79 Å². The molecule has 0 saturated heterocycles. The summed E-state index contributed by atoms with van der Waals surface area (Å²) < 4.78 is 0. The molecule has 0 aromatic heterocycles. The Morgan fingerprint density at radius 3 is 2.29 bits per heavy atom. The molecule has 2 atom stereocenters. The highest BCUT2D eigenvalue weighted by molar-refractivity contribution is 5.84. The van der Waals surface area contributed by atoms with Crippen LogP contribution in [0.2, 0.25) is 0 Å². The van der Waals surface area contributed by atoms with Crippen molar-refractivity contribution in [1.29, 1.82) is 0 Å². The van der Waals surface area contributed by atoms with Gasteiger partial charge < -0.3 is 15.5 Å². The fourth-order valence-corrected chi connectivity index (χ4v) is 1.65. The third kappa shape index (κ3) is 6.26. The summed E-state index contributed by atoms with van der Waals surface area (Å²) in [5.41, 5.74) is 0. The number of amides is 1. The molecule has 0 fully saturated rings. The SMILES string of the molecule is CCCCC(CC)C(=O)NC(CCO)C(=O)O. The normalized spacial score (nSPS) is 14.1. The number of carboxylic acid groups (broad SMARTS) is 1. The Labute approximate surface area is 102 Å². The third-order valence-electron chi connectivity index (χ3n) is 2.80. The van der Waals surface area contributed by atoms with E-state index in [4.69, 9.17) is 10.2 Å². The van der Waals surface area contributed by atoms with E-state index in [1.807, 2.05) is 6.92 Å². The minimum Gasteiger partial charge on any atom is -0.480 e. The molecule has 0 saturated carbocycles. The van der Waals surface area contributed by atoms with Crippen LogP contribution in [0.3, 0.4) is 0 Å². The number of aliphatic carboxylic acids is 1. The number of rotatable bonds is 9. The monoisotopic (exact) mass is 245 g/mol. The van der Waals surface area contributed by atoms with Gasteiger partial charge in [0, 0.05) is 18.9 Å². The zero-order valence-corrected chi connectivity index (χ0v) is 10.6. The van der Waals surface area contributed by atoms with Crippen molar-refractivity contribution in [1.82, 2.24) is 5.32 Å². The molecule has 0 aromatic rings. The Morgan fingerprint density at radius 1 is 1.24 bits per heavy atom. The second-order valence-electron chi connectivity index (χ2n) is 4.16. The Morgan fingerprint density at radius 2 is 1.88 bits per heavy atom. The Kier molecular flexibility index (Phi) is 8.40. The van der Waals surface area contributed by atoms with Crippen LogP contribution in [0, 0.1) is 5.92 Å². The highest BCUT2D eigenvalue weighted by Gasteiger charge is 2.23. The summed E-state index contributed by atoms with van der Waals surface area (Å²) in [4.78, 5) is 22.6. The molecule has 3 N–H and O–H groups in total. The van der Waals surface area contributed by atoms with Crippen LogP contribution < -0.4 is 5.32 Å². The summed E-state index contributed by atoms with van der Waals surface area (Å²) in [6.07, 6.45) is 3.51. The Balaban J connectivity index is 4.30. The summed E-state index contributed by atoms with van der Waals surface area (Å²) in [7, 11) is 0. The standard InChI is InChI=1S/C12H23NO4/c1-3-5-6-9(4-2)11(15)13-10(7-8-14)12(16)17/h9-10,14H,3-8H2,1-2H3,(H,13,15)(H,16,17). The summed E-state index contributed by atoms with van der Waals surface area (Å²) in [6, 6.07) is -0.983. The van der Waals surface area contributed by atoms with Crippen LogP contribution in [0.25, 0.3) is 0 Å². The van der Waals surface area contributed by atoms with E-state index in [0.717, 1.165) is 19.3 Å². The van der Waals surface area contributed by atoms with E-state index in [-0.39, 0.29) is 24.9 Å².